The summed E-state index contributed by atoms with van der Waals surface area (Å²) in [6, 6.07) is 5.31. The first-order valence-corrected chi connectivity index (χ1v) is 5.54. The van der Waals surface area contributed by atoms with Crippen molar-refractivity contribution in [1.82, 2.24) is 0 Å². The van der Waals surface area contributed by atoms with E-state index < -0.39 is 0 Å². The molecule has 0 unspecified atom stereocenters. The Morgan fingerprint density at radius 2 is 1.93 bits per heavy atom. The summed E-state index contributed by atoms with van der Waals surface area (Å²) in [7, 11) is 0. The highest BCUT2D eigenvalue weighted by Crippen LogP contribution is 2.23. The van der Waals surface area contributed by atoms with Gasteiger partial charge in [0, 0.05) is 19.6 Å². The Bertz CT molecular complexity index is 332. The van der Waals surface area contributed by atoms with Crippen LogP contribution in [0.3, 0.4) is 0 Å². The number of halogens is 1. The number of nitrogens with zero attached hydrogens (tertiary/aromatic N) is 1. The predicted octanol–water partition coefficient (Wildman–Crippen LogP) is 2.27. The highest BCUT2D eigenvalue weighted by atomic mass is 19.1. The quantitative estimate of drug-likeness (QED) is 0.808. The molecule has 1 saturated heterocycles. The van der Waals surface area contributed by atoms with E-state index in [0.29, 0.717) is 6.54 Å². The molecule has 1 aromatic carbocycles. The molecule has 1 fully saturated rings. The van der Waals surface area contributed by atoms with Gasteiger partial charge in [-0.15, -0.1) is 0 Å². The zero-order chi connectivity index (χ0) is 10.7. The normalized spacial score (nSPS) is 16.8. The van der Waals surface area contributed by atoms with Crippen molar-refractivity contribution in [1.29, 1.82) is 0 Å². The molecule has 1 aliphatic rings. The lowest BCUT2D eigenvalue weighted by Gasteiger charge is -2.29. The monoisotopic (exact) mass is 208 g/mol. The van der Waals surface area contributed by atoms with Crippen molar-refractivity contribution in [3.8, 4) is 0 Å². The zero-order valence-corrected chi connectivity index (χ0v) is 8.88. The molecular formula is C12H17FN2. The predicted molar refractivity (Wildman–Crippen MR) is 60.4 cm³/mol. The van der Waals surface area contributed by atoms with Crippen molar-refractivity contribution in [2.75, 3.05) is 18.0 Å². The van der Waals surface area contributed by atoms with E-state index in [2.05, 4.69) is 4.90 Å². The van der Waals surface area contributed by atoms with Crippen molar-refractivity contribution in [3.63, 3.8) is 0 Å². The Hall–Kier alpha value is -1.09. The van der Waals surface area contributed by atoms with Gasteiger partial charge < -0.3 is 10.6 Å². The molecule has 2 nitrogen and oxygen atoms in total. The molecule has 0 saturated carbocycles. The van der Waals surface area contributed by atoms with Crippen LogP contribution < -0.4 is 10.6 Å². The van der Waals surface area contributed by atoms with E-state index in [1.54, 1.807) is 6.07 Å². The van der Waals surface area contributed by atoms with E-state index in [-0.39, 0.29) is 5.82 Å². The van der Waals surface area contributed by atoms with Crippen LogP contribution in [-0.4, -0.2) is 13.1 Å². The molecule has 0 aromatic heterocycles. The summed E-state index contributed by atoms with van der Waals surface area (Å²) in [5.41, 5.74) is 7.05. The third kappa shape index (κ3) is 2.29. The fraction of sp³-hybridized carbons (Fsp3) is 0.500. The maximum atomic E-state index is 13.7. The van der Waals surface area contributed by atoms with Gasteiger partial charge in [0.2, 0.25) is 0 Å². The Morgan fingerprint density at radius 1 is 1.20 bits per heavy atom. The summed E-state index contributed by atoms with van der Waals surface area (Å²) < 4.78 is 13.7. The minimum absolute atomic E-state index is 0.139. The van der Waals surface area contributed by atoms with Crippen molar-refractivity contribution < 1.29 is 4.39 Å². The number of hydrogen-bond donors (Lipinski definition) is 1. The fourth-order valence-corrected chi connectivity index (χ4v) is 2.07. The van der Waals surface area contributed by atoms with Gasteiger partial charge in [0.05, 0.1) is 5.69 Å². The lowest BCUT2D eigenvalue weighted by atomic mass is 10.1. The number of benzene rings is 1. The van der Waals surface area contributed by atoms with Crippen molar-refractivity contribution in [3.05, 3.63) is 29.6 Å². The summed E-state index contributed by atoms with van der Waals surface area (Å²) in [5.74, 6) is -0.139. The van der Waals surface area contributed by atoms with Crippen LogP contribution in [-0.2, 0) is 6.54 Å². The van der Waals surface area contributed by atoms with Gasteiger partial charge >= 0.3 is 0 Å². The first-order valence-electron chi connectivity index (χ1n) is 5.54. The summed E-state index contributed by atoms with van der Waals surface area (Å²) >= 11 is 0. The first kappa shape index (κ1) is 10.4. The lowest BCUT2D eigenvalue weighted by Crippen LogP contribution is -2.30. The van der Waals surface area contributed by atoms with E-state index in [1.165, 1.54) is 6.42 Å². The largest absolute Gasteiger partial charge is 0.369 e. The zero-order valence-electron chi connectivity index (χ0n) is 8.88. The molecule has 15 heavy (non-hydrogen) atoms. The van der Waals surface area contributed by atoms with Crippen LogP contribution in [0.2, 0.25) is 0 Å². The van der Waals surface area contributed by atoms with Gasteiger partial charge in [-0.2, -0.15) is 0 Å². The third-order valence-electron chi connectivity index (χ3n) is 2.94. The van der Waals surface area contributed by atoms with Crippen LogP contribution in [0.5, 0.6) is 0 Å². The average molecular weight is 208 g/mol. The Labute approximate surface area is 89.9 Å². The maximum absolute atomic E-state index is 13.7. The average Bonchev–Trinajstić information content (AvgIpc) is 2.30. The molecule has 1 aliphatic heterocycles. The Balaban J connectivity index is 2.19. The number of nitrogens with two attached hydrogens (primary N) is 1. The Kier molecular flexibility index (Phi) is 3.21. The summed E-state index contributed by atoms with van der Waals surface area (Å²) in [6.45, 7) is 2.34. The third-order valence-corrected chi connectivity index (χ3v) is 2.94. The summed E-state index contributed by atoms with van der Waals surface area (Å²) in [4.78, 5) is 2.12. The van der Waals surface area contributed by atoms with Crippen molar-refractivity contribution in [2.45, 2.75) is 25.8 Å². The second-order valence-electron chi connectivity index (χ2n) is 4.04. The minimum atomic E-state index is -0.139. The SMILES string of the molecule is NCc1ccc(N2CCCCC2)c(F)c1. The van der Waals surface area contributed by atoms with E-state index in [1.807, 2.05) is 12.1 Å². The standard InChI is InChI=1S/C12H17FN2/c13-11-8-10(9-14)4-5-12(11)15-6-2-1-3-7-15/h4-5,8H,1-3,6-7,9,14H2. The first-order chi connectivity index (χ1) is 7.31. The smallest absolute Gasteiger partial charge is 0.146 e. The van der Waals surface area contributed by atoms with Gasteiger partial charge in [-0.25, -0.2) is 4.39 Å². The van der Waals surface area contributed by atoms with Crippen LogP contribution in [0.25, 0.3) is 0 Å². The molecular weight excluding hydrogens is 191 g/mol. The highest BCUT2D eigenvalue weighted by Gasteiger charge is 2.14. The molecule has 1 aromatic rings. The number of hydrogen-bond acceptors (Lipinski definition) is 2. The van der Waals surface area contributed by atoms with Gasteiger partial charge in [0.25, 0.3) is 0 Å². The van der Waals surface area contributed by atoms with Crippen molar-refractivity contribution >= 4 is 5.69 Å². The molecule has 0 spiro atoms. The number of piperidine rings is 1. The molecule has 0 bridgehead atoms. The van der Waals surface area contributed by atoms with Crippen LogP contribution in [0.1, 0.15) is 24.8 Å². The number of anilines is 1. The highest BCUT2D eigenvalue weighted by molar-refractivity contribution is 5.49. The van der Waals surface area contributed by atoms with Crippen LogP contribution in [0.4, 0.5) is 10.1 Å². The van der Waals surface area contributed by atoms with E-state index >= 15 is 0 Å². The Morgan fingerprint density at radius 3 is 2.53 bits per heavy atom. The van der Waals surface area contributed by atoms with Gasteiger partial charge in [-0.05, 0) is 37.0 Å². The molecule has 3 heteroatoms. The summed E-state index contributed by atoms with van der Waals surface area (Å²) in [6.07, 6.45) is 3.59. The fourth-order valence-electron chi connectivity index (χ4n) is 2.07. The van der Waals surface area contributed by atoms with Crippen molar-refractivity contribution in [2.24, 2.45) is 5.73 Å². The van der Waals surface area contributed by atoms with Crippen LogP contribution in [0, 0.1) is 5.82 Å². The topological polar surface area (TPSA) is 29.3 Å². The van der Waals surface area contributed by atoms with Gasteiger partial charge in [-0.1, -0.05) is 6.07 Å². The molecule has 0 amide bonds. The second kappa shape index (κ2) is 4.62. The van der Waals surface area contributed by atoms with E-state index in [4.69, 9.17) is 5.73 Å². The molecule has 82 valence electrons. The van der Waals surface area contributed by atoms with Crippen LogP contribution >= 0.6 is 0 Å². The lowest BCUT2D eigenvalue weighted by molar-refractivity contribution is 0.556. The van der Waals surface area contributed by atoms with Gasteiger partial charge in [0.1, 0.15) is 5.82 Å². The van der Waals surface area contributed by atoms with Gasteiger partial charge in [-0.3, -0.25) is 0 Å². The molecule has 1 heterocycles. The maximum Gasteiger partial charge on any atom is 0.146 e. The molecule has 2 N–H and O–H groups in total. The second-order valence-corrected chi connectivity index (χ2v) is 4.04. The molecule has 0 atom stereocenters. The minimum Gasteiger partial charge on any atom is -0.369 e. The molecule has 0 radical (unpaired) electrons. The molecule has 0 aliphatic carbocycles. The number of rotatable bonds is 2. The summed E-state index contributed by atoms with van der Waals surface area (Å²) in [5, 5.41) is 0. The molecule has 2 rings (SSSR count). The van der Waals surface area contributed by atoms with E-state index in [9.17, 15) is 4.39 Å². The van der Waals surface area contributed by atoms with Crippen LogP contribution in [0.15, 0.2) is 18.2 Å². The van der Waals surface area contributed by atoms with Gasteiger partial charge in [0.15, 0.2) is 0 Å². The van der Waals surface area contributed by atoms with E-state index in [0.717, 1.165) is 37.2 Å².